The zero-order valence-corrected chi connectivity index (χ0v) is 30.9. The molecule has 2 aliphatic rings. The van der Waals surface area contributed by atoms with Crippen LogP contribution >= 0.6 is 23.4 Å². The summed E-state index contributed by atoms with van der Waals surface area (Å²) in [5.41, 5.74) is 15.2. The number of anilines is 1. The number of benzene rings is 2. The number of piperidine rings is 1. The number of nitrogens with zero attached hydrogens (tertiary/aromatic N) is 7. The van der Waals surface area contributed by atoms with Gasteiger partial charge in [-0.05, 0) is 35.9 Å². The molecule has 4 heterocycles. The topological polar surface area (TPSA) is 227 Å². The van der Waals surface area contributed by atoms with Crippen LogP contribution in [0.25, 0.3) is 11.2 Å². The second-order valence-corrected chi connectivity index (χ2v) is 13.8. The second-order valence-electron chi connectivity index (χ2n) is 12.4. The Kier molecular flexibility index (Phi) is 12.9. The molecule has 8 N–H and O–H groups in total. The van der Waals surface area contributed by atoms with E-state index < -0.39 is 11.7 Å². The summed E-state index contributed by atoms with van der Waals surface area (Å²) in [7, 11) is 0. The molecule has 0 unspecified atom stereocenters. The normalized spacial score (nSPS) is 14.5. The lowest BCUT2D eigenvalue weighted by Crippen LogP contribution is -2.49. The van der Waals surface area contributed by atoms with E-state index in [0.29, 0.717) is 114 Å². The van der Waals surface area contributed by atoms with E-state index in [1.807, 2.05) is 24.3 Å². The third-order valence-electron chi connectivity index (χ3n) is 8.31. The van der Waals surface area contributed by atoms with Crippen molar-refractivity contribution in [2.24, 2.45) is 17.3 Å². The van der Waals surface area contributed by atoms with Gasteiger partial charge in [0.2, 0.25) is 6.41 Å². The number of rotatable bonds is 16. The predicted octanol–water partition coefficient (Wildman–Crippen LogP) is 1.27. The molecule has 2 aromatic heterocycles. The number of fused-ring (bicyclic) bond motifs is 2. The van der Waals surface area contributed by atoms with Crippen LogP contribution in [0.4, 0.5) is 5.82 Å². The van der Waals surface area contributed by atoms with Crippen molar-refractivity contribution >= 4 is 52.7 Å². The van der Waals surface area contributed by atoms with Crippen molar-refractivity contribution < 1.29 is 23.8 Å². The Morgan fingerprint density at radius 1 is 1.11 bits per heavy atom. The van der Waals surface area contributed by atoms with Crippen LogP contribution < -0.4 is 37.4 Å². The summed E-state index contributed by atoms with van der Waals surface area (Å²) in [6, 6.07) is 12.8. The maximum absolute atomic E-state index is 12.3. The van der Waals surface area contributed by atoms with Crippen molar-refractivity contribution in [3.63, 3.8) is 0 Å². The Labute approximate surface area is 320 Å². The van der Waals surface area contributed by atoms with Gasteiger partial charge in [0.15, 0.2) is 33.6 Å². The van der Waals surface area contributed by atoms with E-state index in [9.17, 15) is 9.59 Å². The first-order valence-corrected chi connectivity index (χ1v) is 18.6. The molecule has 284 valence electrons. The van der Waals surface area contributed by atoms with Gasteiger partial charge in [-0.2, -0.15) is 0 Å². The van der Waals surface area contributed by atoms with Gasteiger partial charge in [0.1, 0.15) is 0 Å². The Balaban J connectivity index is 0.910. The summed E-state index contributed by atoms with van der Waals surface area (Å²) in [6.45, 7) is 3.71. The zero-order valence-electron chi connectivity index (χ0n) is 29.4. The molecule has 0 saturated carbocycles. The molecule has 4 aromatic rings. The number of carbonyl (C=O) groups excluding carboxylic acids is 2. The summed E-state index contributed by atoms with van der Waals surface area (Å²) >= 11 is 7.38. The Bertz CT molecular complexity index is 2030. The minimum atomic E-state index is -0.766. The molecular formula is C35H41ClN12O5S. The summed E-state index contributed by atoms with van der Waals surface area (Å²) in [4.78, 5) is 34.3. The fourth-order valence-corrected chi connectivity index (χ4v) is 6.38. The Morgan fingerprint density at radius 3 is 2.69 bits per heavy atom. The predicted molar refractivity (Wildman–Crippen MR) is 203 cm³/mol. The van der Waals surface area contributed by atoms with E-state index >= 15 is 0 Å². The van der Waals surface area contributed by atoms with Gasteiger partial charge in [-0.3, -0.25) is 9.59 Å². The van der Waals surface area contributed by atoms with Crippen molar-refractivity contribution in [2.45, 2.75) is 30.3 Å². The van der Waals surface area contributed by atoms with Gasteiger partial charge in [-0.25, -0.2) is 20.5 Å². The van der Waals surface area contributed by atoms with Gasteiger partial charge >= 0.3 is 0 Å². The average molecular weight is 777 g/mol. The molecular weight excluding hydrogens is 736 g/mol. The van der Waals surface area contributed by atoms with Crippen molar-refractivity contribution in [3.05, 3.63) is 70.5 Å². The van der Waals surface area contributed by atoms with Gasteiger partial charge in [0, 0.05) is 79.7 Å². The lowest BCUT2D eigenvalue weighted by Gasteiger charge is -2.35. The molecule has 54 heavy (non-hydrogen) atoms. The molecule has 0 bridgehead atoms. The molecule has 19 heteroatoms. The van der Waals surface area contributed by atoms with Crippen LogP contribution in [-0.4, -0.2) is 111 Å². The highest BCUT2D eigenvalue weighted by Crippen LogP contribution is 2.44. The number of thioether (sulfide) groups is 1. The molecule has 0 radical (unpaired) electrons. The molecule has 1 spiro atoms. The van der Waals surface area contributed by atoms with E-state index in [-0.39, 0.29) is 13.2 Å². The zero-order chi connectivity index (χ0) is 37.9. The highest BCUT2D eigenvalue weighted by Gasteiger charge is 2.44. The third kappa shape index (κ3) is 10.2. The van der Waals surface area contributed by atoms with Gasteiger partial charge in [-0.1, -0.05) is 46.6 Å². The van der Waals surface area contributed by atoms with Gasteiger partial charge in [0.05, 0.1) is 26.3 Å². The van der Waals surface area contributed by atoms with Crippen LogP contribution in [-0.2, 0) is 20.9 Å². The highest BCUT2D eigenvalue weighted by atomic mass is 35.5. The smallest absolute Gasteiger partial charge is 0.296 e. The van der Waals surface area contributed by atoms with Crippen molar-refractivity contribution in [2.75, 3.05) is 63.6 Å². The molecule has 2 aliphatic heterocycles. The van der Waals surface area contributed by atoms with E-state index in [4.69, 9.17) is 48.1 Å². The first kappa shape index (κ1) is 38.4. The molecule has 0 atom stereocenters. The van der Waals surface area contributed by atoms with Crippen LogP contribution in [0.3, 0.4) is 0 Å². The lowest BCUT2D eigenvalue weighted by molar-refractivity contribution is -0.135. The molecule has 1 saturated heterocycles. The number of hydrazine groups is 1. The van der Waals surface area contributed by atoms with Crippen LogP contribution in [0.15, 0.2) is 59.5 Å². The van der Waals surface area contributed by atoms with Gasteiger partial charge in [0.25, 0.3) is 11.7 Å². The standard InChI is InChI=1S/C35H41ClN12O5S/c36-26-5-1-25(2-6-26)20-48-33-31(44-45-48)32(41-12-11-37)42-34(43-33)54-22-27(38)21-47(39)16-18-51-17-13-40-30(50)8-4-24-3-7-28-29(19-24)53-35(52-28)9-14-46(23-49)15-10-35/h1-3,5-7,19,21,23H,9-18,20,22,37-39H2,(H,40,50)(H,41,42,43)/b27-21-. The number of likely N-dealkylation sites (tertiary alicyclic amines) is 1. The second kappa shape index (κ2) is 18.1. The molecule has 0 aliphatic carbocycles. The van der Waals surface area contributed by atoms with E-state index in [1.54, 1.807) is 34.0 Å². The Hall–Kier alpha value is -5.32. The molecule has 17 nitrogen and oxygen atoms in total. The van der Waals surface area contributed by atoms with Crippen LogP contribution in [0.2, 0.25) is 5.02 Å². The molecule has 1 fully saturated rings. The summed E-state index contributed by atoms with van der Waals surface area (Å²) in [5, 5.41) is 17.1. The van der Waals surface area contributed by atoms with E-state index in [0.717, 1.165) is 12.0 Å². The SMILES string of the molecule is NCCNc1nc(SC/C(N)=C/N(N)CCOCCNC(=O)C#Cc2ccc3c(c2)OC2(CCN(C=O)CC2)O3)nc2c1nnn2Cc1ccc(Cl)cc1. The molecule has 6 rings (SSSR count). The maximum atomic E-state index is 12.3. The number of hydrogen-bond acceptors (Lipinski definition) is 15. The highest BCUT2D eigenvalue weighted by molar-refractivity contribution is 7.99. The van der Waals surface area contributed by atoms with Crippen molar-refractivity contribution in [1.29, 1.82) is 0 Å². The number of carbonyl (C=O) groups is 2. The minimum Gasteiger partial charge on any atom is -0.448 e. The van der Waals surface area contributed by atoms with Crippen LogP contribution in [0, 0.1) is 11.8 Å². The number of halogens is 1. The molecule has 2 aromatic carbocycles. The summed E-state index contributed by atoms with van der Waals surface area (Å²) in [5.74, 6) is 12.5. The van der Waals surface area contributed by atoms with Gasteiger partial charge < -0.3 is 46.2 Å². The van der Waals surface area contributed by atoms with Gasteiger partial charge in [-0.15, -0.1) is 5.10 Å². The van der Waals surface area contributed by atoms with E-state index in [2.05, 4.69) is 37.8 Å². The number of amides is 2. The first-order chi connectivity index (χ1) is 26.2. The quantitative estimate of drug-likeness (QED) is 0.0205. The fourth-order valence-electron chi connectivity index (χ4n) is 5.57. The summed E-state index contributed by atoms with van der Waals surface area (Å²) in [6.07, 6.45) is 3.61. The van der Waals surface area contributed by atoms with Crippen LogP contribution in [0.5, 0.6) is 11.5 Å². The largest absolute Gasteiger partial charge is 0.448 e. The monoisotopic (exact) mass is 776 g/mol. The fraction of sp³-hybridized carbons (Fsp3) is 0.371. The van der Waals surface area contributed by atoms with Crippen LogP contribution in [0.1, 0.15) is 24.0 Å². The number of aromatic nitrogens is 5. The number of nitrogens with one attached hydrogen (secondary N) is 2. The Morgan fingerprint density at radius 2 is 1.91 bits per heavy atom. The average Bonchev–Trinajstić information content (AvgIpc) is 3.74. The molecule has 2 amide bonds. The number of ether oxygens (including phenoxy) is 3. The van der Waals surface area contributed by atoms with E-state index in [1.165, 1.54) is 16.8 Å². The number of nitrogens with two attached hydrogens (primary N) is 3. The minimum absolute atomic E-state index is 0.272. The maximum Gasteiger partial charge on any atom is 0.296 e. The number of hydrogen-bond donors (Lipinski definition) is 5. The first-order valence-electron chi connectivity index (χ1n) is 17.2. The van der Waals surface area contributed by atoms with Crippen molar-refractivity contribution in [3.8, 4) is 23.3 Å². The van der Waals surface area contributed by atoms with Crippen molar-refractivity contribution in [1.82, 2.24) is 40.2 Å². The lowest BCUT2D eigenvalue weighted by atomic mass is 10.0. The third-order valence-corrected chi connectivity index (χ3v) is 9.49. The summed E-state index contributed by atoms with van der Waals surface area (Å²) < 4.78 is 19.5.